The van der Waals surface area contributed by atoms with Gasteiger partial charge < -0.3 is 9.94 Å². The highest BCUT2D eigenvalue weighted by Crippen LogP contribution is 2.51. The first kappa shape index (κ1) is 21.2. The molecular weight excluding hydrogens is 462 g/mol. The summed E-state index contributed by atoms with van der Waals surface area (Å²) >= 11 is 18.7. The van der Waals surface area contributed by atoms with Crippen LogP contribution >= 0.6 is 46.1 Å². The Balaban J connectivity index is 2.01. The van der Waals surface area contributed by atoms with Crippen LogP contribution in [-0.4, -0.2) is 23.0 Å². The third-order valence-electron chi connectivity index (χ3n) is 4.25. The minimum absolute atomic E-state index is 0.0595. The molecule has 1 atom stereocenters. The van der Waals surface area contributed by atoms with Crippen LogP contribution in [0.15, 0.2) is 23.4 Å². The lowest BCUT2D eigenvalue weighted by molar-refractivity contribution is -0.275. The summed E-state index contributed by atoms with van der Waals surface area (Å²) in [5, 5.41) is 12.3. The molecule has 28 heavy (non-hydrogen) atoms. The number of oxime groups is 1. The van der Waals surface area contributed by atoms with Crippen molar-refractivity contribution in [3.63, 3.8) is 0 Å². The van der Waals surface area contributed by atoms with E-state index < -0.39 is 24.2 Å². The zero-order chi connectivity index (χ0) is 20.9. The number of nitrogens with zero attached hydrogens (tertiary/aromatic N) is 1. The third-order valence-corrected chi connectivity index (χ3v) is 6.74. The fraction of sp³-hybridized carbons (Fsp3) is 0.294. The predicted molar refractivity (Wildman–Crippen MR) is 102 cm³/mol. The van der Waals surface area contributed by atoms with Crippen molar-refractivity contribution in [2.45, 2.75) is 31.5 Å². The molecule has 150 valence electrons. The first-order valence-electron chi connectivity index (χ1n) is 7.73. The van der Waals surface area contributed by atoms with Gasteiger partial charge in [0.15, 0.2) is 0 Å². The number of carbonyl (C=O) groups is 1. The van der Waals surface area contributed by atoms with E-state index in [1.165, 1.54) is 0 Å². The average Bonchev–Trinajstić information content (AvgIpc) is 3.17. The van der Waals surface area contributed by atoms with E-state index in [0.29, 0.717) is 15.3 Å². The van der Waals surface area contributed by atoms with E-state index in [0.717, 1.165) is 23.5 Å². The maximum atomic E-state index is 14.0. The van der Waals surface area contributed by atoms with Gasteiger partial charge in [-0.25, -0.2) is 0 Å². The lowest BCUT2D eigenvalue weighted by Gasteiger charge is -2.29. The number of benzene rings is 1. The van der Waals surface area contributed by atoms with Crippen molar-refractivity contribution in [3.8, 4) is 0 Å². The molecule has 1 aliphatic heterocycles. The highest BCUT2D eigenvalue weighted by Gasteiger charge is 2.62. The molecule has 0 aliphatic carbocycles. The number of alkyl halides is 3. The van der Waals surface area contributed by atoms with Gasteiger partial charge in [-0.05, 0) is 30.7 Å². The van der Waals surface area contributed by atoms with Gasteiger partial charge in [0.25, 0.3) is 5.60 Å². The number of rotatable bonds is 4. The van der Waals surface area contributed by atoms with Crippen molar-refractivity contribution in [1.82, 2.24) is 0 Å². The quantitative estimate of drug-likeness (QED) is 0.537. The molecular formula is C17H11Cl3F3NO3S. The number of halogens is 6. The molecule has 0 amide bonds. The van der Waals surface area contributed by atoms with Crippen LogP contribution in [0.5, 0.6) is 0 Å². The number of carboxylic acid groups (broad SMARTS) is 1. The van der Waals surface area contributed by atoms with Gasteiger partial charge in [0.05, 0.1) is 32.8 Å². The first-order chi connectivity index (χ1) is 12.9. The maximum absolute atomic E-state index is 14.0. The number of aryl methyl sites for hydroxylation is 1. The molecule has 1 unspecified atom stereocenters. The fourth-order valence-corrected chi connectivity index (χ4v) is 4.54. The predicted octanol–water partition coefficient (Wildman–Crippen LogP) is 6.23. The van der Waals surface area contributed by atoms with Crippen molar-refractivity contribution in [2.75, 3.05) is 0 Å². The summed E-state index contributed by atoms with van der Waals surface area (Å²) in [6.45, 7) is 1.68. The van der Waals surface area contributed by atoms with Crippen LogP contribution in [0.1, 0.15) is 27.3 Å². The molecule has 11 heteroatoms. The topological polar surface area (TPSA) is 58.9 Å². The highest BCUT2D eigenvalue weighted by molar-refractivity contribution is 7.14. The van der Waals surface area contributed by atoms with E-state index >= 15 is 0 Å². The standard InChI is InChI=1S/C17H11Cl3F3NO3S/c1-7-2-13(28-12(7)5-14(25)26)11-6-16(27-24-11,17(21,22)23)8-3-9(18)15(20)10(19)4-8/h2-4H,5-6H2,1H3,(H,25,26). The Bertz CT molecular complexity index is 967. The Morgan fingerprint density at radius 1 is 1.29 bits per heavy atom. The molecule has 1 aliphatic rings. The molecule has 0 radical (unpaired) electrons. The summed E-state index contributed by atoms with van der Waals surface area (Å²) in [6, 6.07) is 3.70. The molecule has 1 aromatic carbocycles. The number of hydrogen-bond acceptors (Lipinski definition) is 4. The molecule has 1 N–H and O–H groups in total. The summed E-state index contributed by atoms with van der Waals surface area (Å²) in [5.41, 5.74) is -2.38. The fourth-order valence-electron chi connectivity index (χ4n) is 2.80. The largest absolute Gasteiger partial charge is 0.481 e. The van der Waals surface area contributed by atoms with Crippen molar-refractivity contribution in [3.05, 3.63) is 54.1 Å². The van der Waals surface area contributed by atoms with Gasteiger partial charge in [0, 0.05) is 10.4 Å². The van der Waals surface area contributed by atoms with E-state index in [4.69, 9.17) is 44.7 Å². The Labute approximate surface area is 176 Å². The van der Waals surface area contributed by atoms with Crippen LogP contribution in [0.2, 0.25) is 15.1 Å². The molecule has 1 aromatic heterocycles. The molecule has 2 heterocycles. The summed E-state index contributed by atoms with van der Waals surface area (Å²) < 4.78 is 42.1. The first-order valence-corrected chi connectivity index (χ1v) is 9.68. The van der Waals surface area contributed by atoms with Gasteiger partial charge in [-0.2, -0.15) is 13.2 Å². The highest BCUT2D eigenvalue weighted by atomic mass is 35.5. The Hall–Kier alpha value is -1.48. The number of carboxylic acids is 1. The number of thiophene rings is 1. The van der Waals surface area contributed by atoms with Crippen molar-refractivity contribution >= 4 is 57.8 Å². The lowest BCUT2D eigenvalue weighted by Crippen LogP contribution is -2.42. The van der Waals surface area contributed by atoms with Crippen LogP contribution in [0.4, 0.5) is 13.2 Å². The maximum Gasteiger partial charge on any atom is 0.435 e. The van der Waals surface area contributed by atoms with E-state index in [1.54, 1.807) is 13.0 Å². The molecule has 2 aromatic rings. The Morgan fingerprint density at radius 2 is 1.89 bits per heavy atom. The van der Waals surface area contributed by atoms with Crippen LogP contribution in [-0.2, 0) is 21.7 Å². The second kappa shape index (κ2) is 7.40. The van der Waals surface area contributed by atoms with Gasteiger partial charge >= 0.3 is 12.1 Å². The van der Waals surface area contributed by atoms with Gasteiger partial charge in [-0.15, -0.1) is 11.3 Å². The minimum atomic E-state index is -4.82. The zero-order valence-corrected chi connectivity index (χ0v) is 17.1. The summed E-state index contributed by atoms with van der Waals surface area (Å²) in [4.78, 5) is 16.8. The van der Waals surface area contributed by atoms with Gasteiger partial charge in [-0.3, -0.25) is 4.79 Å². The third kappa shape index (κ3) is 3.70. The average molecular weight is 473 g/mol. The van der Waals surface area contributed by atoms with E-state index in [-0.39, 0.29) is 32.8 Å². The normalized spacial score (nSPS) is 19.5. The van der Waals surface area contributed by atoms with E-state index in [1.807, 2.05) is 0 Å². The summed E-state index contributed by atoms with van der Waals surface area (Å²) in [7, 11) is 0. The number of hydrogen-bond donors (Lipinski definition) is 1. The monoisotopic (exact) mass is 471 g/mol. The second-order valence-electron chi connectivity index (χ2n) is 6.17. The van der Waals surface area contributed by atoms with Crippen molar-refractivity contribution < 1.29 is 27.9 Å². The second-order valence-corrected chi connectivity index (χ2v) is 8.50. The summed E-state index contributed by atoms with van der Waals surface area (Å²) in [5.74, 6) is -1.03. The van der Waals surface area contributed by atoms with Crippen molar-refractivity contribution in [1.29, 1.82) is 0 Å². The molecule has 0 saturated carbocycles. The van der Waals surface area contributed by atoms with E-state index in [9.17, 15) is 18.0 Å². The molecule has 4 nitrogen and oxygen atoms in total. The SMILES string of the molecule is Cc1cc(C2=NOC(c3cc(Cl)c(Cl)c(Cl)c3)(C(F)(F)F)C2)sc1CC(=O)O. The van der Waals surface area contributed by atoms with Crippen LogP contribution < -0.4 is 0 Å². The minimum Gasteiger partial charge on any atom is -0.481 e. The smallest absolute Gasteiger partial charge is 0.435 e. The molecule has 0 saturated heterocycles. The van der Waals surface area contributed by atoms with Crippen LogP contribution in [0.3, 0.4) is 0 Å². The van der Waals surface area contributed by atoms with Crippen molar-refractivity contribution in [2.24, 2.45) is 5.16 Å². The Morgan fingerprint density at radius 3 is 2.43 bits per heavy atom. The van der Waals surface area contributed by atoms with Gasteiger partial charge in [0.1, 0.15) is 5.71 Å². The Kier molecular flexibility index (Phi) is 5.62. The molecule has 0 fully saturated rings. The van der Waals surface area contributed by atoms with Crippen LogP contribution in [0.25, 0.3) is 0 Å². The van der Waals surface area contributed by atoms with Gasteiger partial charge in [-0.1, -0.05) is 40.0 Å². The lowest BCUT2D eigenvalue weighted by atomic mass is 9.88. The molecule has 0 bridgehead atoms. The zero-order valence-electron chi connectivity index (χ0n) is 14.0. The number of aliphatic carboxylic acids is 1. The van der Waals surface area contributed by atoms with E-state index in [2.05, 4.69) is 5.16 Å². The van der Waals surface area contributed by atoms with Crippen LogP contribution in [0, 0.1) is 6.92 Å². The molecule has 3 rings (SSSR count). The van der Waals surface area contributed by atoms with Gasteiger partial charge in [0.2, 0.25) is 0 Å². The molecule has 0 spiro atoms. The summed E-state index contributed by atoms with van der Waals surface area (Å²) in [6.07, 6.45) is -5.66.